The van der Waals surface area contributed by atoms with E-state index in [0.29, 0.717) is 16.5 Å². The Kier molecular flexibility index (Phi) is 6.58. The smallest absolute Gasteiger partial charge is 0.237 e. The Morgan fingerprint density at radius 2 is 2.09 bits per heavy atom. The number of halogens is 1. The van der Waals surface area contributed by atoms with E-state index in [0.717, 1.165) is 14.2 Å². The second kappa shape index (κ2) is 8.23. The molecule has 0 aliphatic rings. The van der Waals surface area contributed by atoms with Crippen LogP contribution in [-0.2, 0) is 4.79 Å². The summed E-state index contributed by atoms with van der Waals surface area (Å²) >= 11 is 10.5. The summed E-state index contributed by atoms with van der Waals surface area (Å²) in [6.45, 7) is 3.70. The summed E-state index contributed by atoms with van der Waals surface area (Å²) < 4.78 is 6.93. The number of benzene rings is 1. The van der Waals surface area contributed by atoms with E-state index >= 15 is 0 Å². The van der Waals surface area contributed by atoms with E-state index in [2.05, 4.69) is 15.5 Å². The summed E-state index contributed by atoms with van der Waals surface area (Å²) in [5.41, 5.74) is 1.48. The quantitative estimate of drug-likeness (QED) is 0.741. The van der Waals surface area contributed by atoms with Crippen LogP contribution in [0.2, 0.25) is 5.02 Å². The number of methoxy groups -OCH3 is 1. The highest BCUT2D eigenvalue weighted by Crippen LogP contribution is 2.33. The largest absolute Gasteiger partial charge is 0.495 e. The van der Waals surface area contributed by atoms with E-state index < -0.39 is 0 Å². The van der Waals surface area contributed by atoms with Crippen molar-refractivity contribution < 1.29 is 9.53 Å². The first kappa shape index (κ1) is 18.4. The van der Waals surface area contributed by atoms with Crippen LogP contribution in [0.5, 0.6) is 5.75 Å². The number of thioether (sulfide) groups is 2. The maximum Gasteiger partial charge on any atom is 0.237 e. The zero-order chi connectivity index (χ0) is 17.0. The Morgan fingerprint density at radius 1 is 1.39 bits per heavy atom. The van der Waals surface area contributed by atoms with Gasteiger partial charge in [0.1, 0.15) is 5.75 Å². The molecule has 1 amide bonds. The van der Waals surface area contributed by atoms with E-state index in [4.69, 9.17) is 16.3 Å². The summed E-state index contributed by atoms with van der Waals surface area (Å²) in [5, 5.41) is 11.3. The minimum atomic E-state index is -0.307. The first-order chi connectivity index (χ1) is 10.9. The number of carbonyl (C=O) groups excluding carboxylic acids is 1. The number of nitrogens with zero attached hydrogens (tertiary/aromatic N) is 2. The fourth-order valence-corrected chi connectivity index (χ4v) is 4.43. The first-order valence-corrected chi connectivity index (χ1v) is 9.93. The average Bonchev–Trinajstić information content (AvgIpc) is 2.98. The summed E-state index contributed by atoms with van der Waals surface area (Å²) in [5.74, 6) is 0.405. The van der Waals surface area contributed by atoms with E-state index in [-0.39, 0.29) is 11.2 Å². The van der Waals surface area contributed by atoms with Crippen molar-refractivity contribution in [2.24, 2.45) is 0 Å². The van der Waals surface area contributed by atoms with Gasteiger partial charge < -0.3 is 10.1 Å². The molecule has 0 fully saturated rings. The standard InChI is InChI=1S/C14H16ClN3O2S3/c1-7-5-10(11(20-3)6-9(7)15)16-12(19)8(2)22-14-18-17-13(21-4)23-14/h5-6,8H,1-4H3,(H,16,19)/t8-/m0/s1. The van der Waals surface area contributed by atoms with Crippen molar-refractivity contribution >= 4 is 58.1 Å². The number of rotatable bonds is 6. The molecule has 1 N–H and O–H groups in total. The number of amides is 1. The molecular formula is C14H16ClN3O2S3. The Morgan fingerprint density at radius 3 is 2.70 bits per heavy atom. The molecule has 2 rings (SSSR count). The highest BCUT2D eigenvalue weighted by molar-refractivity contribution is 8.03. The summed E-state index contributed by atoms with van der Waals surface area (Å²) in [6, 6.07) is 3.49. The van der Waals surface area contributed by atoms with E-state index in [1.807, 2.05) is 20.1 Å². The predicted molar refractivity (Wildman–Crippen MR) is 98.4 cm³/mol. The lowest BCUT2D eigenvalue weighted by atomic mass is 10.2. The van der Waals surface area contributed by atoms with Gasteiger partial charge in [-0.2, -0.15) is 0 Å². The molecule has 0 unspecified atom stereocenters. The molecule has 1 atom stereocenters. The van der Waals surface area contributed by atoms with Crippen LogP contribution in [0.1, 0.15) is 12.5 Å². The third-order valence-corrected chi connectivity index (χ3v) is 6.44. The Bertz CT molecular complexity index is 709. The fraction of sp³-hybridized carbons (Fsp3) is 0.357. The predicted octanol–water partition coefficient (Wildman–Crippen LogP) is 4.35. The Balaban J connectivity index is 2.07. The van der Waals surface area contributed by atoms with Gasteiger partial charge in [-0.15, -0.1) is 10.2 Å². The summed E-state index contributed by atoms with van der Waals surface area (Å²) in [6.07, 6.45) is 1.94. The van der Waals surface area contributed by atoms with Gasteiger partial charge in [-0.25, -0.2) is 0 Å². The molecule has 0 bridgehead atoms. The number of aryl methyl sites for hydroxylation is 1. The maximum atomic E-state index is 12.4. The van der Waals surface area contributed by atoms with Crippen molar-refractivity contribution in [2.75, 3.05) is 18.7 Å². The van der Waals surface area contributed by atoms with E-state index in [9.17, 15) is 4.79 Å². The van der Waals surface area contributed by atoms with Gasteiger partial charge in [-0.3, -0.25) is 4.79 Å². The van der Waals surface area contributed by atoms with Gasteiger partial charge in [0, 0.05) is 11.1 Å². The van der Waals surface area contributed by atoms with Crippen molar-refractivity contribution in [3.05, 3.63) is 22.7 Å². The van der Waals surface area contributed by atoms with Crippen molar-refractivity contribution in [2.45, 2.75) is 27.8 Å². The third kappa shape index (κ3) is 4.76. The number of hydrogen-bond donors (Lipinski definition) is 1. The monoisotopic (exact) mass is 389 g/mol. The van der Waals surface area contributed by atoms with Crippen molar-refractivity contribution in [3.8, 4) is 5.75 Å². The molecule has 1 aromatic heterocycles. The van der Waals surface area contributed by atoms with Crippen LogP contribution >= 0.6 is 46.5 Å². The summed E-state index contributed by atoms with van der Waals surface area (Å²) in [4.78, 5) is 12.4. The number of nitrogens with one attached hydrogen (secondary N) is 1. The van der Waals surface area contributed by atoms with Crippen molar-refractivity contribution in [3.63, 3.8) is 0 Å². The Labute approximate surface area is 152 Å². The van der Waals surface area contributed by atoms with Crippen LogP contribution in [0.4, 0.5) is 5.69 Å². The van der Waals surface area contributed by atoms with Crippen LogP contribution in [0.3, 0.4) is 0 Å². The molecule has 0 spiro atoms. The van der Waals surface area contributed by atoms with Crippen LogP contribution in [0, 0.1) is 6.92 Å². The normalized spacial score (nSPS) is 12.0. The molecule has 0 saturated carbocycles. The lowest BCUT2D eigenvalue weighted by Gasteiger charge is -2.14. The molecule has 1 heterocycles. The highest BCUT2D eigenvalue weighted by atomic mass is 35.5. The molecule has 2 aromatic rings. The minimum Gasteiger partial charge on any atom is -0.495 e. The lowest BCUT2D eigenvalue weighted by molar-refractivity contribution is -0.115. The topological polar surface area (TPSA) is 64.1 Å². The van der Waals surface area contributed by atoms with Gasteiger partial charge in [0.15, 0.2) is 8.68 Å². The van der Waals surface area contributed by atoms with Gasteiger partial charge in [0.05, 0.1) is 18.0 Å². The second-order valence-corrected chi connectivity index (χ2v) is 8.62. The number of carbonyl (C=O) groups is 1. The third-order valence-electron chi connectivity index (χ3n) is 2.95. The molecule has 0 radical (unpaired) electrons. The molecule has 0 saturated heterocycles. The molecule has 23 heavy (non-hydrogen) atoms. The fourth-order valence-electron chi connectivity index (χ4n) is 1.70. The van der Waals surface area contributed by atoms with E-state index in [1.165, 1.54) is 34.9 Å². The highest BCUT2D eigenvalue weighted by Gasteiger charge is 2.19. The lowest BCUT2D eigenvalue weighted by Crippen LogP contribution is -2.22. The van der Waals surface area contributed by atoms with Gasteiger partial charge in [0.2, 0.25) is 5.91 Å². The number of hydrogen-bond acceptors (Lipinski definition) is 7. The molecule has 124 valence electrons. The van der Waals surface area contributed by atoms with Crippen LogP contribution in [-0.4, -0.2) is 34.7 Å². The van der Waals surface area contributed by atoms with Gasteiger partial charge in [-0.05, 0) is 31.7 Å². The maximum absolute atomic E-state index is 12.4. The number of ether oxygens (including phenoxy) is 1. The van der Waals surface area contributed by atoms with Gasteiger partial charge in [-0.1, -0.05) is 46.5 Å². The van der Waals surface area contributed by atoms with Crippen LogP contribution in [0.15, 0.2) is 20.8 Å². The zero-order valence-electron chi connectivity index (χ0n) is 13.0. The molecule has 1 aromatic carbocycles. The molecule has 0 aliphatic carbocycles. The molecular weight excluding hydrogens is 374 g/mol. The average molecular weight is 390 g/mol. The van der Waals surface area contributed by atoms with E-state index in [1.54, 1.807) is 19.2 Å². The van der Waals surface area contributed by atoms with Crippen molar-refractivity contribution in [1.29, 1.82) is 0 Å². The van der Waals surface area contributed by atoms with Crippen LogP contribution in [0.25, 0.3) is 0 Å². The number of aromatic nitrogens is 2. The van der Waals surface area contributed by atoms with Crippen molar-refractivity contribution in [1.82, 2.24) is 10.2 Å². The Hall–Kier alpha value is -0.960. The molecule has 5 nitrogen and oxygen atoms in total. The van der Waals surface area contributed by atoms with Crippen LogP contribution < -0.4 is 10.1 Å². The number of anilines is 1. The molecule has 0 aliphatic heterocycles. The molecule has 9 heteroatoms. The summed E-state index contributed by atoms with van der Waals surface area (Å²) in [7, 11) is 1.54. The van der Waals surface area contributed by atoms with Gasteiger partial charge >= 0.3 is 0 Å². The zero-order valence-corrected chi connectivity index (χ0v) is 16.3. The minimum absolute atomic E-state index is 0.129. The van der Waals surface area contributed by atoms with Gasteiger partial charge in [0.25, 0.3) is 0 Å². The SMILES string of the molecule is COc1cc(Cl)c(C)cc1NC(=O)[C@H](C)Sc1nnc(SC)s1. The first-order valence-electron chi connectivity index (χ1n) is 6.63. The second-order valence-electron chi connectivity index (χ2n) is 4.59.